The first-order chi connectivity index (χ1) is 13.9. The zero-order valence-corrected chi connectivity index (χ0v) is 20.0. The van der Waals surface area contributed by atoms with Gasteiger partial charge >= 0.3 is 6.61 Å². The minimum Gasteiger partial charge on any atom is -0.493 e. The number of nitrogens with zero attached hydrogens (tertiary/aromatic N) is 2. The SMILES string of the molecule is CCCOc1ccc(CNC(=NC)NCCc2c(C)noc2C)c(OC(F)F)c1.I. The van der Waals surface area contributed by atoms with Crippen LogP contribution in [0.15, 0.2) is 27.7 Å². The van der Waals surface area contributed by atoms with Gasteiger partial charge in [-0.3, -0.25) is 4.99 Å². The molecule has 0 amide bonds. The summed E-state index contributed by atoms with van der Waals surface area (Å²) in [5.41, 5.74) is 2.50. The van der Waals surface area contributed by atoms with Crippen molar-refractivity contribution in [2.75, 3.05) is 20.2 Å². The molecule has 0 aliphatic heterocycles. The second kappa shape index (κ2) is 13.2. The summed E-state index contributed by atoms with van der Waals surface area (Å²) in [6, 6.07) is 4.91. The van der Waals surface area contributed by atoms with E-state index in [1.54, 1.807) is 19.2 Å². The van der Waals surface area contributed by atoms with Gasteiger partial charge in [-0.2, -0.15) is 8.78 Å². The van der Waals surface area contributed by atoms with Gasteiger partial charge in [-0.1, -0.05) is 12.1 Å². The number of aryl methyl sites for hydroxylation is 2. The molecule has 0 saturated carbocycles. The predicted molar refractivity (Wildman–Crippen MR) is 122 cm³/mol. The van der Waals surface area contributed by atoms with Gasteiger partial charge in [0, 0.05) is 37.3 Å². The number of benzene rings is 1. The first kappa shape index (κ1) is 25.9. The maximum absolute atomic E-state index is 12.8. The van der Waals surface area contributed by atoms with E-state index in [0.717, 1.165) is 29.9 Å². The molecule has 0 unspecified atom stereocenters. The maximum Gasteiger partial charge on any atom is 0.387 e. The van der Waals surface area contributed by atoms with E-state index in [-0.39, 0.29) is 36.3 Å². The fourth-order valence-corrected chi connectivity index (χ4v) is 2.76. The minimum atomic E-state index is -2.91. The normalized spacial score (nSPS) is 11.2. The second-order valence-corrected chi connectivity index (χ2v) is 6.40. The van der Waals surface area contributed by atoms with Gasteiger partial charge in [-0.05, 0) is 38.8 Å². The third-order valence-electron chi connectivity index (χ3n) is 4.25. The van der Waals surface area contributed by atoms with E-state index in [9.17, 15) is 8.78 Å². The Morgan fingerprint density at radius 2 is 2.03 bits per heavy atom. The molecule has 0 saturated heterocycles. The summed E-state index contributed by atoms with van der Waals surface area (Å²) < 4.78 is 40.9. The minimum absolute atomic E-state index is 0. The number of aliphatic imine (C=N–C) groups is 1. The topological polar surface area (TPSA) is 80.9 Å². The van der Waals surface area contributed by atoms with E-state index in [1.165, 1.54) is 6.07 Å². The van der Waals surface area contributed by atoms with Crippen LogP contribution in [0.3, 0.4) is 0 Å². The highest BCUT2D eigenvalue weighted by Crippen LogP contribution is 2.26. The lowest BCUT2D eigenvalue weighted by Gasteiger charge is -2.16. The molecule has 10 heteroatoms. The molecule has 0 aliphatic rings. The van der Waals surface area contributed by atoms with Gasteiger partial charge in [0.05, 0.1) is 12.3 Å². The largest absolute Gasteiger partial charge is 0.493 e. The van der Waals surface area contributed by atoms with Crippen LogP contribution in [0.4, 0.5) is 8.78 Å². The fourth-order valence-electron chi connectivity index (χ4n) is 2.76. The van der Waals surface area contributed by atoms with Crippen LogP contribution in [0, 0.1) is 13.8 Å². The Morgan fingerprint density at radius 3 is 2.63 bits per heavy atom. The van der Waals surface area contributed by atoms with Crippen molar-refractivity contribution >= 4 is 29.9 Å². The molecule has 2 rings (SSSR count). The number of halogens is 3. The van der Waals surface area contributed by atoms with Crippen LogP contribution in [0.2, 0.25) is 0 Å². The molecule has 168 valence electrons. The van der Waals surface area contributed by atoms with Crippen LogP contribution in [-0.4, -0.2) is 37.9 Å². The van der Waals surface area contributed by atoms with Crippen molar-refractivity contribution in [1.29, 1.82) is 0 Å². The molecule has 2 N–H and O–H groups in total. The Hall–Kier alpha value is -2.11. The van der Waals surface area contributed by atoms with Crippen LogP contribution in [0.25, 0.3) is 0 Å². The second-order valence-electron chi connectivity index (χ2n) is 6.40. The highest BCUT2D eigenvalue weighted by atomic mass is 127. The Kier molecular flexibility index (Phi) is 11.4. The molecule has 30 heavy (non-hydrogen) atoms. The molecule has 1 aromatic carbocycles. The van der Waals surface area contributed by atoms with Gasteiger partial charge in [0.15, 0.2) is 5.96 Å². The number of aromatic nitrogens is 1. The molecular weight excluding hydrogens is 509 g/mol. The van der Waals surface area contributed by atoms with Gasteiger partial charge in [0.1, 0.15) is 17.3 Å². The molecule has 1 heterocycles. The van der Waals surface area contributed by atoms with Crippen molar-refractivity contribution in [3.63, 3.8) is 0 Å². The highest BCUT2D eigenvalue weighted by Gasteiger charge is 2.13. The van der Waals surface area contributed by atoms with Gasteiger partial charge in [0.25, 0.3) is 0 Å². The monoisotopic (exact) mass is 538 g/mol. The molecule has 0 bridgehead atoms. The average Bonchev–Trinajstić information content (AvgIpc) is 3.01. The Bertz CT molecular complexity index is 796. The molecule has 7 nitrogen and oxygen atoms in total. The number of rotatable bonds is 10. The van der Waals surface area contributed by atoms with Crippen LogP contribution >= 0.6 is 24.0 Å². The first-order valence-electron chi connectivity index (χ1n) is 9.51. The van der Waals surface area contributed by atoms with Crippen LogP contribution in [0.5, 0.6) is 11.5 Å². The molecule has 0 fully saturated rings. The Morgan fingerprint density at radius 1 is 1.27 bits per heavy atom. The number of nitrogens with one attached hydrogen (secondary N) is 2. The zero-order valence-electron chi connectivity index (χ0n) is 17.6. The summed E-state index contributed by atoms with van der Waals surface area (Å²) in [7, 11) is 1.64. The molecule has 0 spiro atoms. The lowest BCUT2D eigenvalue weighted by atomic mass is 10.1. The summed E-state index contributed by atoms with van der Waals surface area (Å²) >= 11 is 0. The van der Waals surface area contributed by atoms with Crippen molar-refractivity contribution in [2.24, 2.45) is 4.99 Å². The van der Waals surface area contributed by atoms with Gasteiger partial charge in [0.2, 0.25) is 0 Å². The first-order valence-corrected chi connectivity index (χ1v) is 9.51. The van der Waals surface area contributed by atoms with Crippen LogP contribution < -0.4 is 20.1 Å². The third kappa shape index (κ3) is 7.96. The van der Waals surface area contributed by atoms with Crippen molar-refractivity contribution in [3.05, 3.63) is 40.8 Å². The summed E-state index contributed by atoms with van der Waals surface area (Å²) in [6.07, 6.45) is 1.55. The highest BCUT2D eigenvalue weighted by molar-refractivity contribution is 14.0. The van der Waals surface area contributed by atoms with Crippen molar-refractivity contribution < 1.29 is 22.8 Å². The summed E-state index contributed by atoms with van der Waals surface area (Å²) in [6.45, 7) is 4.22. The number of alkyl halides is 2. The van der Waals surface area contributed by atoms with Gasteiger partial charge < -0.3 is 24.6 Å². The fraction of sp³-hybridized carbons (Fsp3) is 0.500. The molecular formula is C20H29F2IN4O3. The van der Waals surface area contributed by atoms with Crippen LogP contribution in [-0.2, 0) is 13.0 Å². The maximum atomic E-state index is 12.8. The Balaban J connectivity index is 0.00000450. The van der Waals surface area contributed by atoms with Crippen molar-refractivity contribution in [2.45, 2.75) is 46.8 Å². The van der Waals surface area contributed by atoms with E-state index >= 15 is 0 Å². The number of guanidine groups is 1. The van der Waals surface area contributed by atoms with Crippen LogP contribution in [0.1, 0.15) is 35.9 Å². The van der Waals surface area contributed by atoms with E-state index in [4.69, 9.17) is 9.26 Å². The van der Waals surface area contributed by atoms with Crippen molar-refractivity contribution in [1.82, 2.24) is 15.8 Å². The average molecular weight is 538 g/mol. The number of hydrogen-bond acceptors (Lipinski definition) is 5. The lowest BCUT2D eigenvalue weighted by Crippen LogP contribution is -2.38. The molecule has 1 aromatic heterocycles. The molecule has 0 radical (unpaired) electrons. The molecule has 0 aliphatic carbocycles. The molecule has 0 atom stereocenters. The zero-order chi connectivity index (χ0) is 21.2. The standard InChI is InChI=1S/C20H28F2N4O3.HI/c1-5-10-27-16-7-6-15(18(11-16)28-19(21)22)12-25-20(23-4)24-9-8-17-13(2)26-29-14(17)3;/h6-7,11,19H,5,8-10,12H2,1-4H3,(H2,23,24,25);1H. The summed E-state index contributed by atoms with van der Waals surface area (Å²) in [5.74, 6) is 1.91. The quantitative estimate of drug-likeness (QED) is 0.268. The van der Waals surface area contributed by atoms with E-state index < -0.39 is 6.61 Å². The van der Waals surface area contributed by atoms with E-state index in [0.29, 0.717) is 30.4 Å². The van der Waals surface area contributed by atoms with Gasteiger partial charge in [-0.15, -0.1) is 24.0 Å². The lowest BCUT2D eigenvalue weighted by molar-refractivity contribution is -0.0505. The van der Waals surface area contributed by atoms with Gasteiger partial charge in [-0.25, -0.2) is 0 Å². The summed E-state index contributed by atoms with van der Waals surface area (Å²) in [4.78, 5) is 4.16. The molecule has 2 aromatic rings. The summed E-state index contributed by atoms with van der Waals surface area (Å²) in [5, 5.41) is 10.2. The van der Waals surface area contributed by atoms with E-state index in [1.807, 2.05) is 20.8 Å². The third-order valence-corrected chi connectivity index (χ3v) is 4.25. The number of hydrogen-bond donors (Lipinski definition) is 2. The van der Waals surface area contributed by atoms with E-state index in [2.05, 4.69) is 25.5 Å². The Labute approximate surface area is 192 Å². The predicted octanol–water partition coefficient (Wildman–Crippen LogP) is 4.21. The number of ether oxygens (including phenoxy) is 2. The van der Waals surface area contributed by atoms with Crippen molar-refractivity contribution in [3.8, 4) is 11.5 Å². The smallest absolute Gasteiger partial charge is 0.387 e.